The summed E-state index contributed by atoms with van der Waals surface area (Å²) < 4.78 is 1.18. The minimum Gasteiger partial charge on any atom is -0.326 e. The molecule has 1 saturated heterocycles. The standard InChI is InChI=1S/C14H23BrN2S/c1-3-14(2,17-6-4-5-7-17)13(16)9-12-8-11(15)10-18-12/h8,10,13H,3-7,9,16H2,1-2H3. The Balaban J connectivity index is 2.06. The van der Waals surface area contributed by atoms with Gasteiger partial charge in [0, 0.05) is 26.3 Å². The molecule has 0 aromatic carbocycles. The SMILES string of the molecule is CCC(C)(C(N)Cc1cc(Br)cs1)N1CCCC1. The zero-order valence-electron chi connectivity index (χ0n) is 11.3. The number of rotatable bonds is 5. The van der Waals surface area contributed by atoms with Crippen LogP contribution >= 0.6 is 27.3 Å². The number of likely N-dealkylation sites (tertiary alicyclic amines) is 1. The minimum absolute atomic E-state index is 0.146. The van der Waals surface area contributed by atoms with E-state index in [1.807, 2.05) is 0 Å². The maximum atomic E-state index is 6.53. The van der Waals surface area contributed by atoms with Gasteiger partial charge in [-0.15, -0.1) is 11.3 Å². The highest BCUT2D eigenvalue weighted by Gasteiger charge is 2.37. The lowest BCUT2D eigenvalue weighted by atomic mass is 9.86. The summed E-state index contributed by atoms with van der Waals surface area (Å²) in [5, 5.41) is 2.14. The highest BCUT2D eigenvalue weighted by atomic mass is 79.9. The van der Waals surface area contributed by atoms with Crippen molar-refractivity contribution in [2.24, 2.45) is 5.73 Å². The third-order valence-electron chi connectivity index (χ3n) is 4.39. The molecule has 0 spiro atoms. The highest BCUT2D eigenvalue weighted by Crippen LogP contribution is 2.30. The second-order valence-electron chi connectivity index (χ2n) is 5.45. The number of nitrogens with two attached hydrogens (primary N) is 1. The first-order valence-corrected chi connectivity index (χ1v) is 8.47. The van der Waals surface area contributed by atoms with Gasteiger partial charge in [0.05, 0.1) is 0 Å². The van der Waals surface area contributed by atoms with Crippen LogP contribution in [0.4, 0.5) is 0 Å². The van der Waals surface area contributed by atoms with E-state index >= 15 is 0 Å². The van der Waals surface area contributed by atoms with Crippen LogP contribution in [0, 0.1) is 0 Å². The van der Waals surface area contributed by atoms with E-state index in [9.17, 15) is 0 Å². The van der Waals surface area contributed by atoms with E-state index in [4.69, 9.17) is 5.73 Å². The Morgan fingerprint density at radius 1 is 1.50 bits per heavy atom. The Kier molecular flexibility index (Phi) is 4.86. The van der Waals surface area contributed by atoms with E-state index < -0.39 is 0 Å². The van der Waals surface area contributed by atoms with Crippen molar-refractivity contribution in [3.05, 3.63) is 20.8 Å². The molecule has 2 rings (SSSR count). The highest BCUT2D eigenvalue weighted by molar-refractivity contribution is 9.10. The molecule has 1 fully saturated rings. The zero-order valence-corrected chi connectivity index (χ0v) is 13.7. The number of thiophene rings is 1. The molecule has 2 unspecified atom stereocenters. The Hall–Kier alpha value is 0.1000. The maximum absolute atomic E-state index is 6.53. The van der Waals surface area contributed by atoms with Gasteiger partial charge in [0.2, 0.25) is 0 Å². The van der Waals surface area contributed by atoms with Crippen molar-refractivity contribution in [2.75, 3.05) is 13.1 Å². The van der Waals surface area contributed by atoms with Crippen LogP contribution in [0.5, 0.6) is 0 Å². The third kappa shape index (κ3) is 2.98. The molecule has 0 amide bonds. The Morgan fingerprint density at radius 2 is 2.17 bits per heavy atom. The number of halogens is 1. The molecular weight excluding hydrogens is 308 g/mol. The molecule has 1 aromatic rings. The summed E-state index contributed by atoms with van der Waals surface area (Å²) in [6, 6.07) is 2.41. The molecule has 2 nitrogen and oxygen atoms in total. The summed E-state index contributed by atoms with van der Waals surface area (Å²) in [6.07, 6.45) is 4.76. The fourth-order valence-corrected chi connectivity index (χ4v) is 4.36. The van der Waals surface area contributed by atoms with Gasteiger partial charge in [-0.1, -0.05) is 6.92 Å². The van der Waals surface area contributed by atoms with Gasteiger partial charge in [-0.2, -0.15) is 0 Å². The fourth-order valence-electron chi connectivity index (χ4n) is 2.85. The van der Waals surface area contributed by atoms with Crippen LogP contribution in [-0.2, 0) is 6.42 Å². The van der Waals surface area contributed by atoms with E-state index in [1.54, 1.807) is 11.3 Å². The Labute approximate surface area is 123 Å². The maximum Gasteiger partial charge on any atom is 0.0333 e. The summed E-state index contributed by atoms with van der Waals surface area (Å²) in [7, 11) is 0. The summed E-state index contributed by atoms with van der Waals surface area (Å²) >= 11 is 5.32. The molecule has 0 aliphatic carbocycles. The first kappa shape index (κ1) is 14.5. The van der Waals surface area contributed by atoms with Gasteiger partial charge >= 0.3 is 0 Å². The second-order valence-corrected chi connectivity index (χ2v) is 7.36. The Bertz CT molecular complexity index is 387. The molecule has 2 heterocycles. The summed E-state index contributed by atoms with van der Waals surface area (Å²) in [4.78, 5) is 3.98. The fraction of sp³-hybridized carbons (Fsp3) is 0.714. The molecule has 102 valence electrons. The van der Waals surface area contributed by atoms with Crippen LogP contribution in [0.3, 0.4) is 0 Å². The zero-order chi connectivity index (χ0) is 13.2. The first-order chi connectivity index (χ1) is 8.56. The molecule has 1 aromatic heterocycles. The molecule has 2 atom stereocenters. The lowest BCUT2D eigenvalue weighted by Gasteiger charge is -2.43. The average Bonchev–Trinajstić information content (AvgIpc) is 2.99. The Morgan fingerprint density at radius 3 is 2.67 bits per heavy atom. The van der Waals surface area contributed by atoms with E-state index in [0.717, 1.165) is 12.8 Å². The van der Waals surface area contributed by atoms with Crippen molar-refractivity contribution in [3.63, 3.8) is 0 Å². The van der Waals surface area contributed by atoms with Crippen molar-refractivity contribution in [1.29, 1.82) is 0 Å². The summed E-state index contributed by atoms with van der Waals surface area (Å²) in [6.45, 7) is 7.03. The van der Waals surface area contributed by atoms with Gasteiger partial charge in [-0.25, -0.2) is 0 Å². The average molecular weight is 331 g/mol. The molecular formula is C14H23BrN2S. The molecule has 0 saturated carbocycles. The van der Waals surface area contributed by atoms with Crippen LogP contribution in [-0.4, -0.2) is 29.6 Å². The smallest absolute Gasteiger partial charge is 0.0333 e. The first-order valence-electron chi connectivity index (χ1n) is 6.80. The normalized spacial score (nSPS) is 22.0. The van der Waals surface area contributed by atoms with Gasteiger partial charge in [0.25, 0.3) is 0 Å². The lowest BCUT2D eigenvalue weighted by Crippen LogP contribution is -2.57. The largest absolute Gasteiger partial charge is 0.326 e. The van der Waals surface area contributed by atoms with Crippen LogP contribution in [0.1, 0.15) is 38.0 Å². The molecule has 1 aliphatic heterocycles. The molecule has 2 N–H and O–H groups in total. The van der Waals surface area contributed by atoms with Crippen LogP contribution < -0.4 is 5.73 Å². The molecule has 0 bridgehead atoms. The molecule has 1 aliphatic rings. The van der Waals surface area contributed by atoms with Gasteiger partial charge < -0.3 is 5.73 Å². The van der Waals surface area contributed by atoms with Crippen LogP contribution in [0.25, 0.3) is 0 Å². The quantitative estimate of drug-likeness (QED) is 0.892. The van der Waals surface area contributed by atoms with Gasteiger partial charge in [0.1, 0.15) is 0 Å². The van der Waals surface area contributed by atoms with Gasteiger partial charge in [0.15, 0.2) is 0 Å². The minimum atomic E-state index is 0.146. The van der Waals surface area contributed by atoms with Gasteiger partial charge in [-0.3, -0.25) is 4.90 Å². The van der Waals surface area contributed by atoms with Crippen LogP contribution in [0.2, 0.25) is 0 Å². The number of hydrogen-bond acceptors (Lipinski definition) is 3. The topological polar surface area (TPSA) is 29.3 Å². The van der Waals surface area contributed by atoms with Crippen molar-refractivity contribution in [3.8, 4) is 0 Å². The molecule has 18 heavy (non-hydrogen) atoms. The van der Waals surface area contributed by atoms with E-state index in [2.05, 4.69) is 46.1 Å². The van der Waals surface area contributed by atoms with Gasteiger partial charge in [-0.05, 0) is 67.7 Å². The van der Waals surface area contributed by atoms with Crippen molar-refractivity contribution in [1.82, 2.24) is 4.90 Å². The van der Waals surface area contributed by atoms with E-state index in [-0.39, 0.29) is 11.6 Å². The van der Waals surface area contributed by atoms with E-state index in [0.29, 0.717) is 0 Å². The molecule has 4 heteroatoms. The van der Waals surface area contributed by atoms with E-state index in [1.165, 1.54) is 35.3 Å². The monoisotopic (exact) mass is 330 g/mol. The van der Waals surface area contributed by atoms with Crippen LogP contribution in [0.15, 0.2) is 15.9 Å². The predicted molar refractivity (Wildman–Crippen MR) is 83.2 cm³/mol. The van der Waals surface area contributed by atoms with Crippen molar-refractivity contribution >= 4 is 27.3 Å². The number of hydrogen-bond donors (Lipinski definition) is 1. The molecule has 0 radical (unpaired) electrons. The lowest BCUT2D eigenvalue weighted by molar-refractivity contribution is 0.100. The van der Waals surface area contributed by atoms with Crippen molar-refractivity contribution < 1.29 is 0 Å². The summed E-state index contributed by atoms with van der Waals surface area (Å²) in [5.74, 6) is 0. The predicted octanol–water partition coefficient (Wildman–Crippen LogP) is 3.64. The second kappa shape index (κ2) is 6.04. The third-order valence-corrected chi connectivity index (χ3v) is 6.11. The van der Waals surface area contributed by atoms with Crippen molar-refractivity contribution in [2.45, 2.75) is 51.1 Å². The number of nitrogens with zero attached hydrogens (tertiary/aromatic N) is 1. The summed E-state index contributed by atoms with van der Waals surface area (Å²) in [5.41, 5.74) is 6.68.